The zero-order valence-corrected chi connectivity index (χ0v) is 14.3. The minimum Gasteiger partial charge on any atom is -0.316 e. The summed E-state index contributed by atoms with van der Waals surface area (Å²) in [5, 5.41) is 0. The standard InChI is InChI=1S/2C3H9O3P.2CO.Ni/c2*1-4-7(5-2)6-3;2*1-2;/h2*1-3H3;;;. The zero-order valence-electron chi connectivity index (χ0n) is 11.5. The average Bonchev–Trinajstić information content (AvgIpc) is 2.48. The number of hydrogen-bond acceptors (Lipinski definition) is 8. The SMILES string of the molecule is COP(OC)OC.COP(OC)OC.[C]=O.[C]=O.[Ni]. The summed E-state index contributed by atoms with van der Waals surface area (Å²) in [5.41, 5.74) is 0. The van der Waals surface area contributed by atoms with E-state index in [1.807, 2.05) is 0 Å². The van der Waals surface area contributed by atoms with Gasteiger partial charge in [0.15, 0.2) is 0 Å². The van der Waals surface area contributed by atoms with E-state index in [4.69, 9.17) is 9.59 Å². The van der Waals surface area contributed by atoms with E-state index >= 15 is 0 Å². The van der Waals surface area contributed by atoms with Gasteiger partial charge < -0.3 is 27.1 Å². The first-order valence-corrected chi connectivity index (χ1v) is 6.14. The van der Waals surface area contributed by atoms with Crippen molar-refractivity contribution in [2.24, 2.45) is 0 Å². The Bertz CT molecular complexity index is 104. The van der Waals surface area contributed by atoms with Gasteiger partial charge >= 0.3 is 17.2 Å². The Kier molecular flexibility index (Phi) is 60.5. The Labute approximate surface area is 127 Å². The van der Waals surface area contributed by atoms with Crippen molar-refractivity contribution in [3.63, 3.8) is 0 Å². The van der Waals surface area contributed by atoms with Crippen molar-refractivity contribution in [1.82, 2.24) is 0 Å². The van der Waals surface area contributed by atoms with E-state index in [2.05, 4.69) is 40.7 Å². The number of carbonyl (C=O) groups excluding carboxylic acids is 2. The molecular formula is C8H18NiO8P2. The van der Waals surface area contributed by atoms with E-state index in [-0.39, 0.29) is 16.5 Å². The molecule has 0 saturated heterocycles. The van der Waals surface area contributed by atoms with Gasteiger partial charge in [0.25, 0.3) is 13.6 Å². The fraction of sp³-hybridized carbons (Fsp3) is 0.750. The zero-order chi connectivity index (χ0) is 15.4. The molecule has 0 N–H and O–H groups in total. The predicted molar refractivity (Wildman–Crippen MR) is 67.3 cm³/mol. The van der Waals surface area contributed by atoms with E-state index in [9.17, 15) is 0 Å². The molecule has 0 aromatic heterocycles. The summed E-state index contributed by atoms with van der Waals surface area (Å²) in [6.45, 7) is 9.00. The van der Waals surface area contributed by atoms with Crippen LogP contribution in [0.2, 0.25) is 0 Å². The van der Waals surface area contributed by atoms with Gasteiger partial charge in [0.2, 0.25) is 0 Å². The molecule has 0 aliphatic heterocycles. The van der Waals surface area contributed by atoms with Gasteiger partial charge in [0.1, 0.15) is 0 Å². The van der Waals surface area contributed by atoms with E-state index in [1.54, 1.807) is 42.7 Å². The first kappa shape index (κ1) is 31.7. The summed E-state index contributed by atoms with van der Waals surface area (Å²) in [4.78, 5) is 15.0. The van der Waals surface area contributed by atoms with Crippen LogP contribution in [0.5, 0.6) is 0 Å². The smallest absolute Gasteiger partial charge is 0.316 e. The van der Waals surface area contributed by atoms with Gasteiger partial charge in [-0.1, -0.05) is 0 Å². The van der Waals surface area contributed by atoms with Crippen LogP contribution >= 0.6 is 17.2 Å². The van der Waals surface area contributed by atoms with Crippen LogP contribution in [-0.4, -0.2) is 56.2 Å². The normalized spacial score (nSPS) is 8.00. The van der Waals surface area contributed by atoms with Crippen LogP contribution in [0.3, 0.4) is 0 Å². The Morgan fingerprint density at radius 2 is 0.632 bits per heavy atom. The van der Waals surface area contributed by atoms with Gasteiger partial charge in [0.05, 0.1) is 0 Å². The fourth-order valence-electron chi connectivity index (χ4n) is 0.447. The molecular weight excluding hydrogens is 345 g/mol. The predicted octanol–water partition coefficient (Wildman–Crippen LogP) is 1.51. The molecule has 0 aromatic carbocycles. The maximum Gasteiger partial charge on any atom is 0.331 e. The van der Waals surface area contributed by atoms with Crippen molar-refractivity contribution < 1.29 is 53.2 Å². The van der Waals surface area contributed by atoms with Gasteiger partial charge in [-0.05, 0) is 0 Å². The Morgan fingerprint density at radius 3 is 0.632 bits per heavy atom. The molecule has 118 valence electrons. The maximum absolute atomic E-state index is 7.50. The molecule has 8 nitrogen and oxygen atoms in total. The van der Waals surface area contributed by atoms with Crippen molar-refractivity contribution in [3.8, 4) is 0 Å². The van der Waals surface area contributed by atoms with Crippen LogP contribution in [0.25, 0.3) is 0 Å². The van der Waals surface area contributed by atoms with Crippen LogP contribution in [0.4, 0.5) is 0 Å². The summed E-state index contributed by atoms with van der Waals surface area (Å²) < 4.78 is 28.0. The summed E-state index contributed by atoms with van der Waals surface area (Å²) in [6, 6.07) is 0. The number of rotatable bonds is 6. The second kappa shape index (κ2) is 36.2. The molecule has 0 aliphatic carbocycles. The molecule has 0 fully saturated rings. The minimum atomic E-state index is -1.05. The van der Waals surface area contributed by atoms with E-state index in [0.29, 0.717) is 0 Å². The van der Waals surface area contributed by atoms with E-state index in [1.165, 1.54) is 0 Å². The molecule has 0 aliphatic rings. The van der Waals surface area contributed by atoms with Gasteiger partial charge in [-0.3, -0.25) is 9.59 Å². The van der Waals surface area contributed by atoms with Crippen LogP contribution in [0.15, 0.2) is 0 Å². The largest absolute Gasteiger partial charge is 0.331 e. The third-order valence-electron chi connectivity index (χ3n) is 0.894. The topological polar surface area (TPSA) is 89.5 Å². The third kappa shape index (κ3) is 32.2. The molecule has 0 unspecified atom stereocenters. The Hall–Kier alpha value is 0.454. The van der Waals surface area contributed by atoms with Gasteiger partial charge in [-0.2, -0.15) is 0 Å². The van der Waals surface area contributed by atoms with Crippen LogP contribution in [-0.2, 0) is 53.2 Å². The van der Waals surface area contributed by atoms with Crippen LogP contribution in [0, 0.1) is 0 Å². The van der Waals surface area contributed by atoms with Crippen molar-refractivity contribution in [3.05, 3.63) is 0 Å². The molecule has 4 radical (unpaired) electrons. The first-order valence-electron chi connectivity index (χ1n) is 3.95. The molecule has 0 amide bonds. The van der Waals surface area contributed by atoms with E-state index < -0.39 is 17.2 Å². The second-order valence-electron chi connectivity index (χ2n) is 1.54. The fourth-order valence-corrected chi connectivity index (χ4v) is 1.34. The quantitative estimate of drug-likeness (QED) is 0.519. The van der Waals surface area contributed by atoms with Gasteiger partial charge in [-0.15, -0.1) is 0 Å². The summed E-state index contributed by atoms with van der Waals surface area (Å²) in [7, 11) is 7.13. The van der Waals surface area contributed by atoms with Crippen molar-refractivity contribution in [2.45, 2.75) is 0 Å². The molecule has 0 spiro atoms. The van der Waals surface area contributed by atoms with Crippen molar-refractivity contribution in [1.29, 1.82) is 0 Å². The molecule has 19 heavy (non-hydrogen) atoms. The van der Waals surface area contributed by atoms with Crippen molar-refractivity contribution >= 4 is 30.8 Å². The molecule has 0 saturated carbocycles. The summed E-state index contributed by atoms with van der Waals surface area (Å²) in [6.07, 6.45) is 0. The molecule has 0 heterocycles. The maximum atomic E-state index is 7.50. The summed E-state index contributed by atoms with van der Waals surface area (Å²) in [5.74, 6) is 0. The first-order chi connectivity index (χ1) is 8.69. The van der Waals surface area contributed by atoms with E-state index in [0.717, 1.165) is 0 Å². The average molecular weight is 363 g/mol. The molecule has 0 atom stereocenters. The number of hydrogen-bond donors (Lipinski definition) is 0. The van der Waals surface area contributed by atoms with Crippen LogP contribution in [0.1, 0.15) is 0 Å². The van der Waals surface area contributed by atoms with Crippen molar-refractivity contribution in [2.75, 3.05) is 42.7 Å². The monoisotopic (exact) mass is 362 g/mol. The molecule has 0 aromatic rings. The minimum absolute atomic E-state index is 0. The van der Waals surface area contributed by atoms with Crippen LogP contribution < -0.4 is 0 Å². The molecule has 11 heteroatoms. The van der Waals surface area contributed by atoms with Gasteiger partial charge in [-0.25, -0.2) is 0 Å². The Morgan fingerprint density at radius 1 is 0.526 bits per heavy atom. The third-order valence-corrected chi connectivity index (χ3v) is 2.68. The second-order valence-corrected chi connectivity index (χ2v) is 4.63. The molecule has 0 rings (SSSR count). The summed E-state index contributed by atoms with van der Waals surface area (Å²) >= 11 is 0. The molecule has 0 bridgehead atoms. The van der Waals surface area contributed by atoms with Gasteiger partial charge in [0, 0.05) is 59.2 Å². The Balaban J connectivity index is -0.0000000522.